The Bertz CT molecular complexity index is 2120. The monoisotopic (exact) mass is 668 g/mol. The molecule has 0 bridgehead atoms. The van der Waals surface area contributed by atoms with Crippen molar-refractivity contribution in [3.05, 3.63) is 114 Å². The summed E-state index contributed by atoms with van der Waals surface area (Å²) in [4.78, 5) is 33.4. The topological polar surface area (TPSA) is 88.2 Å². The molecule has 0 fully saturated rings. The Labute approximate surface area is 281 Å². The van der Waals surface area contributed by atoms with Gasteiger partial charge in [0, 0.05) is 19.5 Å². The number of imidazole rings is 2. The lowest BCUT2D eigenvalue weighted by Crippen LogP contribution is -2.28. The minimum absolute atomic E-state index is 0.145. The third-order valence-electron chi connectivity index (χ3n) is 8.39. The van der Waals surface area contributed by atoms with E-state index in [0.29, 0.717) is 24.3 Å². The summed E-state index contributed by atoms with van der Waals surface area (Å²) in [5.74, 6) is -2.22. The highest BCUT2D eigenvalue weighted by Crippen LogP contribution is 2.32. The van der Waals surface area contributed by atoms with Gasteiger partial charge < -0.3 is 18.6 Å². The maximum atomic E-state index is 12.7. The van der Waals surface area contributed by atoms with Gasteiger partial charge in [0.2, 0.25) is 0 Å². The number of benzene rings is 4. The number of hydrogen-bond donors (Lipinski definition) is 0. The first-order valence-corrected chi connectivity index (χ1v) is 16.2. The molecule has 6 aromatic rings. The number of alkyl halides is 3. The summed E-state index contributed by atoms with van der Waals surface area (Å²) in [5.41, 5.74) is 6.65. The lowest BCUT2D eigenvalue weighted by molar-refractivity contribution is -0.193. The highest BCUT2D eigenvalue weighted by molar-refractivity contribution is 6.03. The molecule has 0 N–H and O–H groups in total. The number of halogens is 3. The predicted octanol–water partition coefficient (Wildman–Crippen LogP) is 8.47. The zero-order chi connectivity index (χ0) is 34.5. The van der Waals surface area contributed by atoms with E-state index in [1.165, 1.54) is 12.1 Å². The Kier molecular flexibility index (Phi) is 9.80. The molecule has 0 aliphatic heterocycles. The SMILES string of the molecule is CCCCc1nc2c(C)ccc(OCCCn3cnc4ccccc43)c2n1Cc1ccc(-c2ccccc2C(=O)OC(=O)C(F)(F)F)cc1. The molecule has 4 aromatic carbocycles. The van der Waals surface area contributed by atoms with Gasteiger partial charge in [-0.05, 0) is 66.3 Å². The Morgan fingerprint density at radius 2 is 1.65 bits per heavy atom. The molecule has 0 unspecified atom stereocenters. The van der Waals surface area contributed by atoms with Gasteiger partial charge in [0.25, 0.3) is 0 Å². The van der Waals surface area contributed by atoms with Crippen LogP contribution in [0.25, 0.3) is 33.2 Å². The number of esters is 2. The van der Waals surface area contributed by atoms with E-state index >= 15 is 0 Å². The first-order chi connectivity index (χ1) is 23.6. The van der Waals surface area contributed by atoms with Crippen molar-refractivity contribution in [2.75, 3.05) is 6.61 Å². The lowest BCUT2D eigenvalue weighted by Gasteiger charge is -2.14. The first-order valence-electron chi connectivity index (χ1n) is 16.2. The Hall–Kier alpha value is -5.45. The minimum Gasteiger partial charge on any atom is -0.491 e. The summed E-state index contributed by atoms with van der Waals surface area (Å²) in [5, 5.41) is 0. The van der Waals surface area contributed by atoms with E-state index in [1.807, 2.05) is 55.7 Å². The minimum atomic E-state index is -5.28. The maximum absolute atomic E-state index is 12.7. The zero-order valence-electron chi connectivity index (χ0n) is 27.2. The highest BCUT2D eigenvalue weighted by atomic mass is 19.4. The second-order valence-corrected chi connectivity index (χ2v) is 11.8. The van der Waals surface area contributed by atoms with Gasteiger partial charge in [-0.1, -0.05) is 74.0 Å². The number of fused-ring (bicyclic) bond motifs is 2. The second-order valence-electron chi connectivity index (χ2n) is 11.8. The number of rotatable bonds is 12. The van der Waals surface area contributed by atoms with Gasteiger partial charge in [-0.2, -0.15) is 13.2 Å². The van der Waals surface area contributed by atoms with Crippen LogP contribution in [0.3, 0.4) is 0 Å². The molecule has 0 atom stereocenters. The van der Waals surface area contributed by atoms with Crippen LogP contribution in [-0.2, 0) is 29.0 Å². The van der Waals surface area contributed by atoms with Crippen molar-refractivity contribution in [3.8, 4) is 16.9 Å². The summed E-state index contributed by atoms with van der Waals surface area (Å²) in [7, 11) is 0. The smallest absolute Gasteiger partial charge is 0.491 e. The van der Waals surface area contributed by atoms with Crippen LogP contribution in [0.1, 0.15) is 53.5 Å². The van der Waals surface area contributed by atoms with Crippen molar-refractivity contribution in [2.24, 2.45) is 0 Å². The van der Waals surface area contributed by atoms with Crippen molar-refractivity contribution < 1.29 is 32.2 Å². The van der Waals surface area contributed by atoms with Crippen LogP contribution in [0.15, 0.2) is 91.3 Å². The van der Waals surface area contributed by atoms with Gasteiger partial charge in [0.1, 0.15) is 17.1 Å². The molecule has 6 rings (SSSR count). The maximum Gasteiger partial charge on any atom is 0.491 e. The fourth-order valence-corrected chi connectivity index (χ4v) is 5.88. The van der Waals surface area contributed by atoms with Gasteiger partial charge in [-0.3, -0.25) is 0 Å². The van der Waals surface area contributed by atoms with E-state index in [-0.39, 0.29) is 5.56 Å². The van der Waals surface area contributed by atoms with E-state index in [1.54, 1.807) is 24.3 Å². The normalized spacial score (nSPS) is 11.7. The molecule has 11 heteroatoms. The molecular weight excluding hydrogens is 633 g/mol. The summed E-state index contributed by atoms with van der Waals surface area (Å²) in [6.45, 7) is 5.95. The molecule has 0 saturated heterocycles. The number of hydrogen-bond acceptors (Lipinski definition) is 6. The first kappa shape index (κ1) is 33.5. The number of carbonyl (C=O) groups is 2. The average molecular weight is 669 g/mol. The van der Waals surface area contributed by atoms with Crippen LogP contribution in [-0.4, -0.2) is 43.8 Å². The second kappa shape index (κ2) is 14.3. The van der Waals surface area contributed by atoms with Crippen LogP contribution >= 0.6 is 0 Å². The number of nitrogens with zero attached hydrogens (tertiary/aromatic N) is 4. The molecule has 2 heterocycles. The van der Waals surface area contributed by atoms with Crippen LogP contribution in [0.5, 0.6) is 5.75 Å². The van der Waals surface area contributed by atoms with E-state index in [9.17, 15) is 22.8 Å². The quantitative estimate of drug-likeness (QED) is 0.0739. The molecule has 0 amide bonds. The third kappa shape index (κ3) is 7.35. The molecule has 252 valence electrons. The Balaban J connectivity index is 1.24. The number of unbranched alkanes of at least 4 members (excludes halogenated alkanes) is 1. The van der Waals surface area contributed by atoms with Crippen molar-refractivity contribution >= 4 is 34.0 Å². The van der Waals surface area contributed by atoms with Gasteiger partial charge >= 0.3 is 18.1 Å². The fourth-order valence-electron chi connectivity index (χ4n) is 5.88. The van der Waals surface area contributed by atoms with Gasteiger partial charge in [-0.25, -0.2) is 19.6 Å². The van der Waals surface area contributed by atoms with Crippen molar-refractivity contribution in [2.45, 2.75) is 58.8 Å². The number of carbonyl (C=O) groups excluding carboxylic acids is 2. The number of aromatic nitrogens is 4. The molecule has 2 aromatic heterocycles. The van der Waals surface area contributed by atoms with Crippen LogP contribution in [0.2, 0.25) is 0 Å². The summed E-state index contributed by atoms with van der Waals surface area (Å²) in [6.07, 6.45) is 0.141. The predicted molar refractivity (Wildman–Crippen MR) is 180 cm³/mol. The van der Waals surface area contributed by atoms with Crippen LogP contribution < -0.4 is 4.74 Å². The van der Waals surface area contributed by atoms with Gasteiger partial charge in [-0.15, -0.1) is 0 Å². The van der Waals surface area contributed by atoms with E-state index in [4.69, 9.17) is 9.72 Å². The Morgan fingerprint density at radius 1 is 0.898 bits per heavy atom. The van der Waals surface area contributed by atoms with E-state index in [2.05, 4.69) is 31.8 Å². The molecule has 8 nitrogen and oxygen atoms in total. The third-order valence-corrected chi connectivity index (χ3v) is 8.39. The largest absolute Gasteiger partial charge is 0.491 e. The molecule has 0 aliphatic carbocycles. The summed E-state index contributed by atoms with van der Waals surface area (Å²) >= 11 is 0. The average Bonchev–Trinajstić information content (AvgIpc) is 3.68. The Morgan fingerprint density at radius 3 is 2.43 bits per heavy atom. The van der Waals surface area contributed by atoms with Crippen LogP contribution in [0.4, 0.5) is 13.2 Å². The van der Waals surface area contributed by atoms with Crippen molar-refractivity contribution in [1.29, 1.82) is 0 Å². The number of para-hydroxylation sites is 2. The van der Waals surface area contributed by atoms with Gasteiger partial charge in [0.05, 0.1) is 35.0 Å². The fraction of sp³-hybridized carbons (Fsp3) is 0.263. The number of aryl methyl sites for hydroxylation is 3. The van der Waals surface area contributed by atoms with Crippen LogP contribution in [0, 0.1) is 6.92 Å². The van der Waals surface area contributed by atoms with Crippen molar-refractivity contribution in [3.63, 3.8) is 0 Å². The van der Waals surface area contributed by atoms with Crippen molar-refractivity contribution in [1.82, 2.24) is 19.1 Å². The molecule has 0 aliphatic rings. The molecule has 0 radical (unpaired) electrons. The molecule has 49 heavy (non-hydrogen) atoms. The highest BCUT2D eigenvalue weighted by Gasteiger charge is 2.42. The molecule has 0 spiro atoms. The standard InChI is InChI=1S/C38H35F3N4O4/c1-3-4-14-33-43-34-25(2)15-20-32(48-22-9-21-44-24-42-30-12-7-8-13-31(30)44)35(34)45(33)23-26-16-18-27(19-17-26)28-10-5-6-11-29(28)36(46)49-37(47)38(39,40)41/h5-8,10-13,15-20,24H,3-4,9,14,21-23H2,1-2H3. The molecule has 0 saturated carbocycles. The van der Waals surface area contributed by atoms with E-state index in [0.717, 1.165) is 77.0 Å². The van der Waals surface area contributed by atoms with E-state index < -0.39 is 18.1 Å². The summed E-state index contributed by atoms with van der Waals surface area (Å²) < 4.78 is 53.0. The number of ether oxygens (including phenoxy) is 2. The van der Waals surface area contributed by atoms with Gasteiger partial charge in [0.15, 0.2) is 0 Å². The summed E-state index contributed by atoms with van der Waals surface area (Å²) in [6, 6.07) is 25.5. The zero-order valence-corrected chi connectivity index (χ0v) is 27.2. The lowest BCUT2D eigenvalue weighted by atomic mass is 9.98. The molecular formula is C38H35F3N4O4.